The number of rotatable bonds is 6. The molecule has 1 saturated heterocycles. The lowest BCUT2D eigenvalue weighted by atomic mass is 9.70. The third kappa shape index (κ3) is 5.41. The summed E-state index contributed by atoms with van der Waals surface area (Å²) in [4.78, 5) is 15.6. The second-order valence-corrected chi connectivity index (χ2v) is 10.9. The highest BCUT2D eigenvalue weighted by Crippen LogP contribution is 2.41. The predicted molar refractivity (Wildman–Crippen MR) is 146 cm³/mol. The van der Waals surface area contributed by atoms with E-state index in [4.69, 9.17) is 9.47 Å². The van der Waals surface area contributed by atoms with Crippen molar-refractivity contribution in [2.24, 2.45) is 0 Å². The highest BCUT2D eigenvalue weighted by molar-refractivity contribution is 5.90. The molecule has 3 N–H and O–H groups in total. The van der Waals surface area contributed by atoms with Crippen molar-refractivity contribution in [1.29, 1.82) is 0 Å². The molecule has 2 aliphatic rings. The Balaban J connectivity index is 1.38. The van der Waals surface area contributed by atoms with Gasteiger partial charge >= 0.3 is 6.03 Å². The molecule has 1 aromatic heterocycles. The maximum absolute atomic E-state index is 13.3. The molecule has 0 unspecified atom stereocenters. The number of aliphatic hydroxyl groups is 1. The van der Waals surface area contributed by atoms with E-state index in [-0.39, 0.29) is 11.5 Å². The average molecular weight is 520 g/mol. The number of hydrogen-bond donors (Lipinski definition) is 3. The van der Waals surface area contributed by atoms with Gasteiger partial charge in [0.1, 0.15) is 18.5 Å². The lowest BCUT2D eigenvalue weighted by molar-refractivity contribution is -0.0411. The maximum Gasteiger partial charge on any atom is 0.320 e. The van der Waals surface area contributed by atoms with Crippen LogP contribution in [-0.4, -0.2) is 71.4 Å². The lowest BCUT2D eigenvalue weighted by Gasteiger charge is -2.40. The second-order valence-electron chi connectivity index (χ2n) is 10.9. The number of urea groups is 1. The number of morpholine rings is 1. The van der Waals surface area contributed by atoms with Gasteiger partial charge in [-0.3, -0.25) is 5.32 Å². The van der Waals surface area contributed by atoms with Crippen LogP contribution in [0.15, 0.2) is 54.6 Å². The minimum absolute atomic E-state index is 0.0492. The Bertz CT molecular complexity index is 1280. The molecule has 9 heteroatoms. The largest absolute Gasteiger partial charge is 0.474 e. The first-order chi connectivity index (χ1) is 18.2. The molecule has 5 rings (SSSR count). The van der Waals surface area contributed by atoms with Crippen LogP contribution in [0.25, 0.3) is 5.69 Å². The van der Waals surface area contributed by atoms with Gasteiger partial charge in [0.2, 0.25) is 5.88 Å². The van der Waals surface area contributed by atoms with Crippen molar-refractivity contribution in [3.05, 3.63) is 71.3 Å². The zero-order chi connectivity index (χ0) is 26.9. The van der Waals surface area contributed by atoms with Gasteiger partial charge in [-0.15, -0.1) is 5.10 Å². The first kappa shape index (κ1) is 26.2. The summed E-state index contributed by atoms with van der Waals surface area (Å²) in [6, 6.07) is 16.6. The summed E-state index contributed by atoms with van der Waals surface area (Å²) in [5.74, 6) is 0.940. The van der Waals surface area contributed by atoms with Gasteiger partial charge in [0.05, 0.1) is 30.0 Å². The van der Waals surface area contributed by atoms with E-state index in [2.05, 4.69) is 47.6 Å². The van der Waals surface area contributed by atoms with Crippen LogP contribution in [0.3, 0.4) is 0 Å². The molecule has 1 aliphatic carbocycles. The van der Waals surface area contributed by atoms with Crippen LogP contribution in [0, 0.1) is 6.92 Å². The van der Waals surface area contributed by atoms with E-state index in [0.717, 1.165) is 29.9 Å². The number of likely N-dealkylation sites (N-methyl/N-ethyl adjacent to an activating group) is 1. The Morgan fingerprint density at radius 1 is 1.18 bits per heavy atom. The molecule has 3 aromatic rings. The van der Waals surface area contributed by atoms with Crippen molar-refractivity contribution < 1.29 is 19.4 Å². The Morgan fingerprint density at radius 3 is 2.68 bits per heavy atom. The fourth-order valence-corrected chi connectivity index (χ4v) is 5.46. The van der Waals surface area contributed by atoms with Gasteiger partial charge in [-0.1, -0.05) is 56.3 Å². The van der Waals surface area contributed by atoms with E-state index in [1.54, 1.807) is 4.68 Å². The molecule has 0 spiro atoms. The van der Waals surface area contributed by atoms with Gasteiger partial charge in [-0.05, 0) is 49.1 Å². The second kappa shape index (κ2) is 10.8. The fourth-order valence-electron chi connectivity index (χ4n) is 5.46. The standard InChI is InChI=1S/C29H37N5O4/c1-19-26(31-28(36)30-25-22-12-8-9-13-23(22)29(2,3)16-24(25)35)34(20-10-6-5-7-11-20)32-27(19)38-18-21-17-33(4)14-15-37-21/h5-13,21,24-25,35H,14-18H2,1-4H3,(H2,30,31,36)/t21-,24+,25+/m0/s1. The first-order valence-corrected chi connectivity index (χ1v) is 13.2. The summed E-state index contributed by atoms with van der Waals surface area (Å²) in [7, 11) is 2.06. The van der Waals surface area contributed by atoms with Crippen molar-refractivity contribution in [2.75, 3.05) is 38.7 Å². The van der Waals surface area contributed by atoms with Gasteiger partial charge in [-0.25, -0.2) is 9.48 Å². The monoisotopic (exact) mass is 519 g/mol. The number of nitrogens with one attached hydrogen (secondary N) is 2. The predicted octanol–water partition coefficient (Wildman–Crippen LogP) is 3.80. The minimum Gasteiger partial charge on any atom is -0.474 e. The third-order valence-corrected chi connectivity index (χ3v) is 7.47. The van der Waals surface area contributed by atoms with Gasteiger partial charge in [-0.2, -0.15) is 0 Å². The Kier molecular flexibility index (Phi) is 7.43. The van der Waals surface area contributed by atoms with Gasteiger partial charge in [0.25, 0.3) is 0 Å². The van der Waals surface area contributed by atoms with Crippen molar-refractivity contribution in [2.45, 2.75) is 50.9 Å². The van der Waals surface area contributed by atoms with Gasteiger partial charge < -0.3 is 24.8 Å². The summed E-state index contributed by atoms with van der Waals surface area (Å²) in [6.45, 7) is 8.83. The van der Waals surface area contributed by atoms with E-state index >= 15 is 0 Å². The lowest BCUT2D eigenvalue weighted by Crippen LogP contribution is -2.45. The number of anilines is 1. The maximum atomic E-state index is 13.3. The summed E-state index contributed by atoms with van der Waals surface area (Å²) < 4.78 is 13.6. The molecule has 1 fully saturated rings. The van der Waals surface area contributed by atoms with Crippen molar-refractivity contribution in [1.82, 2.24) is 20.0 Å². The SMILES string of the molecule is Cc1c(OC[C@@H]2CN(C)CCO2)nn(-c2ccccc2)c1NC(=O)N[C@@H]1c2ccccc2C(C)(C)C[C@H]1O. The highest BCUT2D eigenvalue weighted by atomic mass is 16.5. The molecule has 0 bridgehead atoms. The van der Waals surface area contributed by atoms with Gasteiger partial charge in [0.15, 0.2) is 0 Å². The van der Waals surface area contributed by atoms with Crippen LogP contribution in [-0.2, 0) is 10.2 Å². The quantitative estimate of drug-likeness (QED) is 0.458. The minimum atomic E-state index is -0.710. The number of ether oxygens (including phenoxy) is 2. The zero-order valence-corrected chi connectivity index (χ0v) is 22.5. The van der Waals surface area contributed by atoms with Crippen LogP contribution in [0.4, 0.5) is 10.6 Å². The molecule has 0 saturated carbocycles. The molecule has 2 heterocycles. The van der Waals surface area contributed by atoms with Crippen molar-refractivity contribution in [3.63, 3.8) is 0 Å². The van der Waals surface area contributed by atoms with Crippen molar-refractivity contribution in [3.8, 4) is 11.6 Å². The number of aliphatic hydroxyl groups excluding tert-OH is 1. The van der Waals surface area contributed by atoms with E-state index in [1.807, 2.05) is 55.5 Å². The molecule has 9 nitrogen and oxygen atoms in total. The topological polar surface area (TPSA) is 101 Å². The Labute approximate surface area is 223 Å². The molecule has 2 amide bonds. The zero-order valence-electron chi connectivity index (χ0n) is 22.5. The van der Waals surface area contributed by atoms with E-state index in [0.29, 0.717) is 36.9 Å². The number of carbonyl (C=O) groups excluding carboxylic acids is 1. The average Bonchev–Trinajstić information content (AvgIpc) is 3.20. The smallest absolute Gasteiger partial charge is 0.320 e. The third-order valence-electron chi connectivity index (χ3n) is 7.47. The van der Waals surface area contributed by atoms with Crippen LogP contribution in [0.1, 0.15) is 43.0 Å². The molecule has 0 radical (unpaired) electrons. The summed E-state index contributed by atoms with van der Waals surface area (Å²) in [5, 5.41) is 21.7. The number of fused-ring (bicyclic) bond motifs is 1. The summed E-state index contributed by atoms with van der Waals surface area (Å²) in [5.41, 5.74) is 3.38. The number of benzene rings is 2. The molecular weight excluding hydrogens is 482 g/mol. The van der Waals surface area contributed by atoms with Crippen LogP contribution >= 0.6 is 0 Å². The van der Waals surface area contributed by atoms with E-state index in [9.17, 15) is 9.90 Å². The van der Waals surface area contributed by atoms with Gasteiger partial charge in [0, 0.05) is 13.1 Å². The van der Waals surface area contributed by atoms with E-state index in [1.165, 1.54) is 0 Å². The molecule has 3 atom stereocenters. The first-order valence-electron chi connectivity index (χ1n) is 13.2. The van der Waals surface area contributed by atoms with Crippen molar-refractivity contribution >= 4 is 11.8 Å². The number of aromatic nitrogens is 2. The number of carbonyl (C=O) groups is 1. The van der Waals surface area contributed by atoms with E-state index < -0.39 is 18.2 Å². The molecule has 38 heavy (non-hydrogen) atoms. The molecular formula is C29H37N5O4. The normalized spacial score (nSPS) is 22.9. The number of hydrogen-bond acceptors (Lipinski definition) is 6. The van der Waals surface area contributed by atoms with Crippen LogP contribution in [0.5, 0.6) is 5.88 Å². The Morgan fingerprint density at radius 2 is 1.92 bits per heavy atom. The highest BCUT2D eigenvalue weighted by Gasteiger charge is 2.39. The molecule has 1 aliphatic heterocycles. The summed E-state index contributed by atoms with van der Waals surface area (Å²) in [6.07, 6.45) is -0.211. The fraction of sp³-hybridized carbons (Fsp3) is 0.448. The van der Waals surface area contributed by atoms with Crippen LogP contribution in [0.2, 0.25) is 0 Å². The summed E-state index contributed by atoms with van der Waals surface area (Å²) >= 11 is 0. The molecule has 2 aromatic carbocycles. The van der Waals surface area contributed by atoms with Crippen LogP contribution < -0.4 is 15.4 Å². The molecule has 202 valence electrons. The number of amides is 2. The Hall–Kier alpha value is -3.40. The number of nitrogens with zero attached hydrogens (tertiary/aromatic N) is 3. The number of para-hydroxylation sites is 1.